The molecule has 0 aliphatic heterocycles. The molecule has 2 aromatic carbocycles. The van der Waals surface area contributed by atoms with Gasteiger partial charge in [0.2, 0.25) is 0 Å². The highest BCUT2D eigenvalue weighted by Crippen LogP contribution is 2.44. The van der Waals surface area contributed by atoms with E-state index >= 15 is 0 Å². The van der Waals surface area contributed by atoms with Crippen molar-refractivity contribution in [2.75, 3.05) is 7.11 Å². The average molecular weight is 336 g/mol. The summed E-state index contributed by atoms with van der Waals surface area (Å²) in [5, 5.41) is 9.91. The molecule has 0 bridgehead atoms. The van der Waals surface area contributed by atoms with Crippen molar-refractivity contribution in [3.8, 4) is 0 Å². The Morgan fingerprint density at radius 2 is 1.24 bits per heavy atom. The molecule has 0 amide bonds. The van der Waals surface area contributed by atoms with Gasteiger partial charge in [0.25, 0.3) is 0 Å². The summed E-state index contributed by atoms with van der Waals surface area (Å²) in [5.74, 6) is -3.84. The maximum atomic E-state index is 12.5. The van der Waals surface area contributed by atoms with E-state index in [-0.39, 0.29) is 11.8 Å². The van der Waals surface area contributed by atoms with Gasteiger partial charge in [0.15, 0.2) is 0 Å². The Labute approximate surface area is 146 Å². The summed E-state index contributed by atoms with van der Waals surface area (Å²) in [5.41, 5.74) is 1.79. The van der Waals surface area contributed by atoms with E-state index in [1.807, 2.05) is 72.8 Å². The van der Waals surface area contributed by atoms with Gasteiger partial charge in [-0.1, -0.05) is 72.8 Å². The zero-order valence-electron chi connectivity index (χ0n) is 13.9. The van der Waals surface area contributed by atoms with Gasteiger partial charge < -0.3 is 9.84 Å². The minimum Gasteiger partial charge on any atom is -0.481 e. The number of carboxylic acid groups (broad SMARTS) is 1. The van der Waals surface area contributed by atoms with E-state index in [4.69, 9.17) is 4.74 Å². The van der Waals surface area contributed by atoms with Crippen molar-refractivity contribution in [1.82, 2.24) is 0 Å². The fraction of sp³-hybridized carbons (Fsp3) is 0.238. The number of carbonyl (C=O) groups is 2. The number of carbonyl (C=O) groups excluding carboxylic acids is 1. The highest BCUT2D eigenvalue weighted by molar-refractivity contribution is 5.84. The van der Waals surface area contributed by atoms with Gasteiger partial charge in [0, 0.05) is 11.8 Å². The first-order valence-electron chi connectivity index (χ1n) is 8.22. The topological polar surface area (TPSA) is 63.6 Å². The average Bonchev–Trinajstić information content (AvgIpc) is 2.67. The van der Waals surface area contributed by atoms with Gasteiger partial charge in [-0.2, -0.15) is 0 Å². The fourth-order valence-electron chi connectivity index (χ4n) is 3.65. The molecule has 0 aromatic heterocycles. The van der Waals surface area contributed by atoms with Crippen molar-refractivity contribution in [1.29, 1.82) is 0 Å². The number of methoxy groups -OCH3 is 1. The third kappa shape index (κ3) is 3.33. The Morgan fingerprint density at radius 3 is 1.64 bits per heavy atom. The zero-order valence-corrected chi connectivity index (χ0v) is 13.9. The summed E-state index contributed by atoms with van der Waals surface area (Å²) >= 11 is 0. The lowest BCUT2D eigenvalue weighted by molar-refractivity contribution is -0.157. The van der Waals surface area contributed by atoms with Crippen LogP contribution >= 0.6 is 0 Å². The van der Waals surface area contributed by atoms with E-state index in [1.165, 1.54) is 7.11 Å². The molecule has 0 spiro atoms. The summed E-state index contributed by atoms with van der Waals surface area (Å²) in [6.45, 7) is 0. The second kappa shape index (κ2) is 7.34. The van der Waals surface area contributed by atoms with Gasteiger partial charge in [0.1, 0.15) is 0 Å². The molecule has 4 atom stereocenters. The number of hydrogen-bond donors (Lipinski definition) is 1. The summed E-state index contributed by atoms with van der Waals surface area (Å²) in [4.78, 5) is 24.6. The molecule has 3 rings (SSSR count). The zero-order chi connectivity index (χ0) is 17.8. The maximum Gasteiger partial charge on any atom is 0.310 e. The molecule has 1 aliphatic rings. The first-order valence-corrected chi connectivity index (χ1v) is 8.22. The summed E-state index contributed by atoms with van der Waals surface area (Å²) in [6.07, 6.45) is 3.85. The van der Waals surface area contributed by atoms with Gasteiger partial charge in [-0.25, -0.2) is 0 Å². The molecule has 1 aliphatic carbocycles. The third-order valence-corrected chi connectivity index (χ3v) is 4.81. The molecular weight excluding hydrogens is 316 g/mol. The molecule has 1 N–H and O–H groups in total. The Morgan fingerprint density at radius 1 is 0.800 bits per heavy atom. The molecule has 25 heavy (non-hydrogen) atoms. The van der Waals surface area contributed by atoms with Crippen LogP contribution < -0.4 is 0 Å². The highest BCUT2D eigenvalue weighted by atomic mass is 16.5. The molecule has 4 heteroatoms. The first-order chi connectivity index (χ1) is 12.1. The SMILES string of the molecule is COC(=O)[C@@H]1[C@@H](C(=O)O)[C@@H](c2ccccc2)C=C[C@H]1c1ccccc1. The number of rotatable bonds is 4. The quantitative estimate of drug-likeness (QED) is 0.684. The van der Waals surface area contributed by atoms with Crippen molar-refractivity contribution in [3.63, 3.8) is 0 Å². The second-order valence-corrected chi connectivity index (χ2v) is 6.17. The molecule has 0 fully saturated rings. The predicted octanol–water partition coefficient (Wildman–Crippen LogP) is 3.61. The number of benzene rings is 2. The number of hydrogen-bond acceptors (Lipinski definition) is 3. The minimum absolute atomic E-state index is 0.324. The van der Waals surface area contributed by atoms with Crippen molar-refractivity contribution in [3.05, 3.63) is 83.9 Å². The van der Waals surface area contributed by atoms with Crippen molar-refractivity contribution in [2.24, 2.45) is 11.8 Å². The van der Waals surface area contributed by atoms with E-state index < -0.39 is 23.8 Å². The largest absolute Gasteiger partial charge is 0.481 e. The number of carboxylic acids is 1. The molecule has 0 heterocycles. The van der Waals surface area contributed by atoms with Gasteiger partial charge in [-0.15, -0.1) is 0 Å². The standard InChI is InChI=1S/C21H20O4/c1-25-21(24)19-17(15-10-6-3-7-11-15)13-12-16(18(19)20(22)23)14-8-4-2-5-9-14/h2-13,16-19H,1H3,(H,22,23)/t16-,17+,18+,19+/m1/s1. The molecule has 0 unspecified atom stereocenters. The smallest absolute Gasteiger partial charge is 0.310 e. The van der Waals surface area contributed by atoms with Crippen LogP contribution in [-0.4, -0.2) is 24.2 Å². The van der Waals surface area contributed by atoms with Crippen LogP contribution in [0.25, 0.3) is 0 Å². The first kappa shape index (κ1) is 17.0. The number of ether oxygens (including phenoxy) is 1. The van der Waals surface area contributed by atoms with Crippen molar-refractivity contribution < 1.29 is 19.4 Å². The van der Waals surface area contributed by atoms with Crippen LogP contribution in [0.3, 0.4) is 0 Å². The molecule has 0 radical (unpaired) electrons. The molecule has 2 aromatic rings. The monoisotopic (exact) mass is 336 g/mol. The normalized spacial score (nSPS) is 25.3. The van der Waals surface area contributed by atoms with Gasteiger partial charge in [-0.3, -0.25) is 9.59 Å². The predicted molar refractivity (Wildman–Crippen MR) is 94.1 cm³/mol. The summed E-state index contributed by atoms with van der Waals surface area (Å²) in [6, 6.07) is 18.9. The minimum atomic E-state index is -0.991. The summed E-state index contributed by atoms with van der Waals surface area (Å²) < 4.78 is 4.97. The van der Waals surface area contributed by atoms with E-state index in [0.717, 1.165) is 11.1 Å². The van der Waals surface area contributed by atoms with Crippen LogP contribution in [-0.2, 0) is 14.3 Å². The fourth-order valence-corrected chi connectivity index (χ4v) is 3.65. The van der Waals surface area contributed by atoms with E-state index in [0.29, 0.717) is 0 Å². The number of aliphatic carboxylic acids is 1. The van der Waals surface area contributed by atoms with Gasteiger partial charge >= 0.3 is 11.9 Å². The molecule has 0 saturated carbocycles. The molecule has 4 nitrogen and oxygen atoms in total. The molecular formula is C21H20O4. The molecule has 0 saturated heterocycles. The lowest BCUT2D eigenvalue weighted by Gasteiger charge is -2.36. The molecule has 128 valence electrons. The Kier molecular flexibility index (Phi) is 4.98. The van der Waals surface area contributed by atoms with Crippen molar-refractivity contribution >= 4 is 11.9 Å². The van der Waals surface area contributed by atoms with Crippen LogP contribution in [0.2, 0.25) is 0 Å². The van der Waals surface area contributed by atoms with Gasteiger partial charge in [0.05, 0.1) is 18.9 Å². The van der Waals surface area contributed by atoms with Crippen molar-refractivity contribution in [2.45, 2.75) is 11.8 Å². The maximum absolute atomic E-state index is 12.5. The van der Waals surface area contributed by atoms with Crippen LogP contribution in [0, 0.1) is 11.8 Å². The third-order valence-electron chi connectivity index (χ3n) is 4.81. The van der Waals surface area contributed by atoms with Crippen LogP contribution in [0.1, 0.15) is 23.0 Å². The Bertz CT molecular complexity index is 767. The van der Waals surface area contributed by atoms with E-state index in [2.05, 4.69) is 0 Å². The Hall–Kier alpha value is -2.88. The van der Waals surface area contributed by atoms with Crippen LogP contribution in [0.15, 0.2) is 72.8 Å². The van der Waals surface area contributed by atoms with Gasteiger partial charge in [-0.05, 0) is 11.1 Å². The number of allylic oxidation sites excluding steroid dienone is 2. The lowest BCUT2D eigenvalue weighted by atomic mass is 9.66. The highest BCUT2D eigenvalue weighted by Gasteiger charge is 2.46. The number of esters is 1. The van der Waals surface area contributed by atoms with Crippen LogP contribution in [0.4, 0.5) is 0 Å². The van der Waals surface area contributed by atoms with Crippen LogP contribution in [0.5, 0.6) is 0 Å². The van der Waals surface area contributed by atoms with E-state index in [9.17, 15) is 14.7 Å². The van der Waals surface area contributed by atoms with E-state index in [1.54, 1.807) is 0 Å². The lowest BCUT2D eigenvalue weighted by Crippen LogP contribution is -2.40. The Balaban J connectivity index is 2.10. The second-order valence-electron chi connectivity index (χ2n) is 6.17. The summed E-state index contributed by atoms with van der Waals surface area (Å²) in [7, 11) is 1.30.